The van der Waals surface area contributed by atoms with E-state index in [-0.39, 0.29) is 19.7 Å². The van der Waals surface area contributed by atoms with Gasteiger partial charge in [0, 0.05) is 25.8 Å². The highest BCUT2D eigenvalue weighted by atomic mass is 16.7. The highest BCUT2D eigenvalue weighted by molar-refractivity contribution is 5.99. The van der Waals surface area contributed by atoms with Gasteiger partial charge in [-0.05, 0) is 66.5 Å². The van der Waals surface area contributed by atoms with E-state index in [0.29, 0.717) is 5.92 Å². The summed E-state index contributed by atoms with van der Waals surface area (Å²) in [4.78, 5) is 16.2. The van der Waals surface area contributed by atoms with Crippen molar-refractivity contribution in [3.63, 3.8) is 0 Å². The van der Waals surface area contributed by atoms with Crippen LogP contribution in [-0.4, -0.2) is 34.0 Å². The summed E-state index contributed by atoms with van der Waals surface area (Å²) in [6.07, 6.45) is 7.74. The molecule has 0 radical (unpaired) electrons. The van der Waals surface area contributed by atoms with Gasteiger partial charge in [-0.2, -0.15) is 9.59 Å². The number of ether oxygens (including phenoxy) is 4. The molecule has 0 spiro atoms. The zero-order chi connectivity index (χ0) is 23.6. The van der Waals surface area contributed by atoms with Crippen LogP contribution in [0, 0.1) is 12.8 Å². The first-order valence-corrected chi connectivity index (χ1v) is 11.3. The van der Waals surface area contributed by atoms with Crippen LogP contribution in [0.4, 0.5) is 0 Å². The summed E-state index contributed by atoms with van der Waals surface area (Å²) >= 11 is 0. The molecule has 6 nitrogen and oxygen atoms in total. The molecule has 0 unspecified atom stereocenters. The van der Waals surface area contributed by atoms with E-state index in [9.17, 15) is 0 Å². The lowest BCUT2D eigenvalue weighted by Crippen LogP contribution is -2.09. The highest BCUT2D eigenvalue weighted by Crippen LogP contribution is 2.48. The van der Waals surface area contributed by atoms with Crippen LogP contribution in [0.2, 0.25) is 0 Å². The fourth-order valence-electron chi connectivity index (χ4n) is 4.89. The molecule has 0 amide bonds. The molecule has 4 rings (SSSR count). The highest BCUT2D eigenvalue weighted by Gasteiger charge is 2.30. The first kappa shape index (κ1) is 24.7. The number of allylic oxidation sites excluding steroid dienone is 2. The largest absolute Gasteiger partial charge is 0.467 e. The van der Waals surface area contributed by atoms with Crippen molar-refractivity contribution in [1.82, 2.24) is 0 Å². The zero-order valence-electron chi connectivity index (χ0n) is 19.6. The minimum Gasteiger partial charge on any atom is -0.467 e. The van der Waals surface area contributed by atoms with E-state index in [1.807, 2.05) is 12.1 Å². The van der Waals surface area contributed by atoms with Gasteiger partial charge >= 0.3 is 6.15 Å². The van der Waals surface area contributed by atoms with Crippen LogP contribution in [0.5, 0.6) is 11.5 Å². The van der Waals surface area contributed by atoms with Crippen molar-refractivity contribution in [3.8, 4) is 11.5 Å². The molecule has 2 aliphatic rings. The number of fused-ring (bicyclic) bond motifs is 1. The second-order valence-electron chi connectivity index (χ2n) is 8.41. The maximum atomic E-state index is 8.12. The third-order valence-corrected chi connectivity index (χ3v) is 6.21. The van der Waals surface area contributed by atoms with Gasteiger partial charge in [-0.15, -0.1) is 0 Å². The molecule has 2 aromatic carbocycles. The van der Waals surface area contributed by atoms with Crippen molar-refractivity contribution in [2.75, 3.05) is 27.8 Å². The summed E-state index contributed by atoms with van der Waals surface area (Å²) in [5.74, 6) is 2.16. The van der Waals surface area contributed by atoms with Gasteiger partial charge in [-0.3, -0.25) is 0 Å². The molecule has 33 heavy (non-hydrogen) atoms. The third kappa shape index (κ3) is 6.11. The second-order valence-corrected chi connectivity index (χ2v) is 8.41. The monoisotopic (exact) mass is 452 g/mol. The van der Waals surface area contributed by atoms with Gasteiger partial charge in [0.05, 0.1) is 0 Å². The van der Waals surface area contributed by atoms with Gasteiger partial charge in [0.2, 0.25) is 0 Å². The van der Waals surface area contributed by atoms with Crippen molar-refractivity contribution in [2.45, 2.75) is 45.4 Å². The average Bonchev–Trinajstić information content (AvgIpc) is 3.20. The predicted molar refractivity (Wildman–Crippen MR) is 125 cm³/mol. The van der Waals surface area contributed by atoms with Crippen LogP contribution >= 0.6 is 0 Å². The predicted octanol–water partition coefficient (Wildman–Crippen LogP) is 5.42. The summed E-state index contributed by atoms with van der Waals surface area (Å²) in [7, 11) is 3.27. The Morgan fingerprint density at radius 1 is 0.879 bits per heavy atom. The topological polar surface area (TPSA) is 71.1 Å². The Labute approximate surface area is 195 Å². The van der Waals surface area contributed by atoms with Crippen LogP contribution < -0.4 is 9.47 Å². The van der Waals surface area contributed by atoms with Crippen LogP contribution in [0.3, 0.4) is 0 Å². The molecule has 0 N–H and O–H groups in total. The standard InChI is InChI=1S/C26H32O4.CO2/c1-18-9-11-22-20(13-18)14-24(26(22)19-7-5-4-6-8-19)23-12-10-21(29-16-27-2)15-25(23)30-17-28-3;2-1-3/h9-13,15,19H,4-8,14,16-17H2,1-3H3;. The lowest BCUT2D eigenvalue weighted by atomic mass is 9.79. The Balaban J connectivity index is 0.000000968. The van der Waals surface area contributed by atoms with Gasteiger partial charge in [0.25, 0.3) is 0 Å². The van der Waals surface area contributed by atoms with Gasteiger partial charge in [0.15, 0.2) is 13.6 Å². The maximum Gasteiger partial charge on any atom is 0.373 e. The molecule has 0 atom stereocenters. The van der Waals surface area contributed by atoms with E-state index in [1.165, 1.54) is 59.9 Å². The minimum atomic E-state index is 0.207. The van der Waals surface area contributed by atoms with E-state index in [0.717, 1.165) is 23.5 Å². The molecule has 0 aliphatic heterocycles. The number of hydrogen-bond donors (Lipinski definition) is 0. The van der Waals surface area contributed by atoms with Gasteiger partial charge < -0.3 is 18.9 Å². The van der Waals surface area contributed by atoms with Crippen molar-refractivity contribution in [3.05, 3.63) is 58.7 Å². The Bertz CT molecular complexity index is 998. The van der Waals surface area contributed by atoms with Crippen LogP contribution in [-0.2, 0) is 25.5 Å². The summed E-state index contributed by atoms with van der Waals surface area (Å²) < 4.78 is 21.9. The quantitative estimate of drug-likeness (QED) is 0.498. The third-order valence-electron chi connectivity index (χ3n) is 6.21. The maximum absolute atomic E-state index is 8.12. The molecule has 0 bridgehead atoms. The molecular weight excluding hydrogens is 420 g/mol. The molecule has 2 aliphatic carbocycles. The lowest BCUT2D eigenvalue weighted by molar-refractivity contribution is -0.191. The van der Waals surface area contributed by atoms with Crippen molar-refractivity contribution in [1.29, 1.82) is 0 Å². The molecule has 1 fully saturated rings. The SMILES string of the molecule is COCOc1ccc(C2=C(C3CCCCC3)c3ccc(C)cc3C2)c(OCOC)c1.O=C=O. The molecule has 0 saturated heterocycles. The Morgan fingerprint density at radius 3 is 2.24 bits per heavy atom. The van der Waals surface area contributed by atoms with E-state index >= 15 is 0 Å². The van der Waals surface area contributed by atoms with E-state index in [4.69, 9.17) is 28.5 Å². The lowest BCUT2D eigenvalue weighted by Gasteiger charge is -2.26. The fourth-order valence-corrected chi connectivity index (χ4v) is 4.89. The molecular formula is C27H32O6. The van der Waals surface area contributed by atoms with E-state index in [1.54, 1.807) is 14.2 Å². The summed E-state index contributed by atoms with van der Waals surface area (Å²) in [5.41, 5.74) is 8.25. The van der Waals surface area contributed by atoms with Gasteiger partial charge in [0.1, 0.15) is 11.5 Å². The first-order chi connectivity index (χ1) is 16.1. The van der Waals surface area contributed by atoms with Crippen molar-refractivity contribution < 1.29 is 28.5 Å². The fraction of sp³-hybridized carbons (Fsp3) is 0.444. The Morgan fingerprint density at radius 2 is 1.55 bits per heavy atom. The summed E-state index contributed by atoms with van der Waals surface area (Å²) in [6, 6.07) is 13.0. The van der Waals surface area contributed by atoms with Gasteiger partial charge in [-0.1, -0.05) is 43.0 Å². The van der Waals surface area contributed by atoms with E-state index in [2.05, 4.69) is 31.2 Å². The first-order valence-electron chi connectivity index (χ1n) is 11.3. The number of aryl methyl sites for hydroxylation is 1. The number of rotatable bonds is 8. The average molecular weight is 453 g/mol. The molecule has 2 aromatic rings. The van der Waals surface area contributed by atoms with Crippen molar-refractivity contribution in [2.24, 2.45) is 5.92 Å². The van der Waals surface area contributed by atoms with Crippen LogP contribution in [0.15, 0.2) is 36.4 Å². The number of hydrogen-bond acceptors (Lipinski definition) is 6. The van der Waals surface area contributed by atoms with Crippen molar-refractivity contribution >= 4 is 17.3 Å². The molecule has 0 heterocycles. The molecule has 6 heteroatoms. The summed E-state index contributed by atoms with van der Waals surface area (Å²) in [6.45, 7) is 2.59. The number of benzene rings is 2. The molecule has 1 saturated carbocycles. The smallest absolute Gasteiger partial charge is 0.373 e. The Kier molecular flexibility index (Phi) is 9.25. The van der Waals surface area contributed by atoms with E-state index < -0.39 is 0 Å². The molecule has 176 valence electrons. The van der Waals surface area contributed by atoms with Crippen LogP contribution in [0.25, 0.3) is 11.1 Å². The number of carbonyl (C=O) groups excluding carboxylic acids is 2. The zero-order valence-corrected chi connectivity index (χ0v) is 19.6. The van der Waals surface area contributed by atoms with Crippen LogP contribution in [0.1, 0.15) is 54.4 Å². The Hall–Kier alpha value is -2.92. The minimum absolute atomic E-state index is 0.207. The summed E-state index contributed by atoms with van der Waals surface area (Å²) in [5, 5.41) is 0. The normalized spacial score (nSPS) is 15.4. The molecule has 0 aromatic heterocycles. The number of methoxy groups -OCH3 is 2. The van der Waals surface area contributed by atoms with Gasteiger partial charge in [-0.25, -0.2) is 0 Å². The second kappa shape index (κ2) is 12.4.